The average Bonchev–Trinajstić information content (AvgIpc) is 2.22. The fourth-order valence-electron chi connectivity index (χ4n) is 1.13. The number of aromatic nitrogens is 2. The minimum Gasteiger partial charge on any atom is -0.436 e. The van der Waals surface area contributed by atoms with E-state index in [0.29, 0.717) is 6.07 Å². The van der Waals surface area contributed by atoms with Crippen LogP contribution in [-0.4, -0.2) is 9.97 Å². The zero-order chi connectivity index (χ0) is 12.4. The molecule has 0 aliphatic rings. The number of hydrogen-bond donors (Lipinski definition) is 1. The molecule has 0 amide bonds. The Hall–Kier alpha value is -2.31. The Balaban J connectivity index is 2.34. The Labute approximate surface area is 93.9 Å². The van der Waals surface area contributed by atoms with Crippen molar-refractivity contribution in [2.75, 3.05) is 5.73 Å². The maximum Gasteiger partial charge on any atom is 0.260 e. The van der Waals surface area contributed by atoms with Crippen molar-refractivity contribution >= 4 is 5.95 Å². The van der Waals surface area contributed by atoms with E-state index in [9.17, 15) is 13.2 Å². The van der Waals surface area contributed by atoms with Gasteiger partial charge in [0.2, 0.25) is 11.8 Å². The number of nitrogens with two attached hydrogens (primary N) is 1. The molecule has 0 aliphatic heterocycles. The Bertz CT molecular complexity index is 542. The summed E-state index contributed by atoms with van der Waals surface area (Å²) < 4.78 is 43.7. The Morgan fingerprint density at radius 3 is 2.35 bits per heavy atom. The predicted molar refractivity (Wildman–Crippen MR) is 52.8 cm³/mol. The van der Waals surface area contributed by atoms with Crippen molar-refractivity contribution < 1.29 is 17.9 Å². The highest BCUT2D eigenvalue weighted by Crippen LogP contribution is 2.23. The van der Waals surface area contributed by atoms with Crippen molar-refractivity contribution in [2.24, 2.45) is 0 Å². The van der Waals surface area contributed by atoms with Gasteiger partial charge in [0.25, 0.3) is 5.88 Å². The first-order valence-electron chi connectivity index (χ1n) is 4.46. The van der Waals surface area contributed by atoms with Crippen LogP contribution in [-0.2, 0) is 0 Å². The number of rotatable bonds is 2. The Morgan fingerprint density at radius 1 is 1.06 bits per heavy atom. The zero-order valence-electron chi connectivity index (χ0n) is 8.32. The molecule has 1 aromatic heterocycles. The van der Waals surface area contributed by atoms with Gasteiger partial charge < -0.3 is 10.5 Å². The summed E-state index contributed by atoms with van der Waals surface area (Å²) in [5.74, 6) is -3.51. The molecule has 17 heavy (non-hydrogen) atoms. The van der Waals surface area contributed by atoms with Gasteiger partial charge in [-0.3, -0.25) is 0 Å². The summed E-state index contributed by atoms with van der Waals surface area (Å²) in [6.07, 6.45) is 0.799. The van der Waals surface area contributed by atoms with E-state index in [0.717, 1.165) is 18.3 Å². The lowest BCUT2D eigenvalue weighted by atomic mass is 10.3. The third-order valence-electron chi connectivity index (χ3n) is 1.78. The van der Waals surface area contributed by atoms with E-state index in [1.807, 2.05) is 0 Å². The van der Waals surface area contributed by atoms with Gasteiger partial charge in [-0.2, -0.15) is 9.37 Å². The van der Waals surface area contributed by atoms with Gasteiger partial charge in [0.15, 0.2) is 0 Å². The van der Waals surface area contributed by atoms with Crippen molar-refractivity contribution in [3.63, 3.8) is 0 Å². The second-order valence-electron chi connectivity index (χ2n) is 3.09. The molecular weight excluding hydrogens is 235 g/mol. The molecule has 2 rings (SSSR count). The van der Waals surface area contributed by atoms with Crippen LogP contribution >= 0.6 is 0 Å². The van der Waals surface area contributed by atoms with Crippen molar-refractivity contribution in [1.29, 1.82) is 0 Å². The molecule has 0 saturated carbocycles. The van der Waals surface area contributed by atoms with Crippen LogP contribution < -0.4 is 10.5 Å². The highest BCUT2D eigenvalue weighted by Gasteiger charge is 2.09. The molecule has 4 nitrogen and oxygen atoms in total. The molecule has 88 valence electrons. The minimum absolute atomic E-state index is 0.210. The molecule has 1 aromatic carbocycles. The van der Waals surface area contributed by atoms with E-state index in [-0.39, 0.29) is 11.7 Å². The molecule has 1 heterocycles. The molecule has 0 bridgehead atoms. The molecule has 0 saturated heterocycles. The fourth-order valence-corrected chi connectivity index (χ4v) is 1.13. The van der Waals surface area contributed by atoms with Gasteiger partial charge in [0.1, 0.15) is 17.4 Å². The van der Waals surface area contributed by atoms with Gasteiger partial charge in [-0.1, -0.05) is 0 Å². The smallest absolute Gasteiger partial charge is 0.260 e. The number of benzene rings is 1. The van der Waals surface area contributed by atoms with Crippen LogP contribution in [0.4, 0.5) is 19.1 Å². The average molecular weight is 241 g/mol. The van der Waals surface area contributed by atoms with E-state index >= 15 is 0 Å². The van der Waals surface area contributed by atoms with Crippen molar-refractivity contribution in [3.8, 4) is 11.6 Å². The number of halogens is 3. The van der Waals surface area contributed by atoms with Gasteiger partial charge >= 0.3 is 0 Å². The quantitative estimate of drug-likeness (QED) is 0.876. The summed E-state index contributed by atoms with van der Waals surface area (Å²) >= 11 is 0. The highest BCUT2D eigenvalue weighted by atomic mass is 19.1. The van der Waals surface area contributed by atoms with Crippen LogP contribution in [0.15, 0.2) is 24.4 Å². The van der Waals surface area contributed by atoms with E-state index in [1.54, 1.807) is 0 Å². The third kappa shape index (κ3) is 2.63. The van der Waals surface area contributed by atoms with Gasteiger partial charge in [0.05, 0.1) is 6.20 Å². The maximum atomic E-state index is 13.2. The summed E-state index contributed by atoms with van der Waals surface area (Å²) in [6.45, 7) is 0. The van der Waals surface area contributed by atoms with Crippen LogP contribution in [0.5, 0.6) is 11.6 Å². The van der Waals surface area contributed by atoms with Crippen molar-refractivity contribution in [3.05, 3.63) is 41.8 Å². The minimum atomic E-state index is -0.885. The van der Waals surface area contributed by atoms with Gasteiger partial charge in [-0.25, -0.2) is 13.8 Å². The second kappa shape index (κ2) is 4.28. The first kappa shape index (κ1) is 11.2. The normalized spacial score (nSPS) is 10.3. The number of nitrogen functional groups attached to an aromatic ring is 1. The Kier molecular flexibility index (Phi) is 2.82. The van der Waals surface area contributed by atoms with E-state index in [4.69, 9.17) is 10.5 Å². The standard InChI is InChI=1S/C10H6F3N3O/c11-5-1-6(12)3-7(2-5)17-9-8(13)4-15-10(14)16-9/h1-4H,(H2,14,15,16). The molecular formula is C10H6F3N3O. The summed E-state index contributed by atoms with van der Waals surface area (Å²) in [6, 6.07) is 2.44. The molecule has 0 aliphatic carbocycles. The van der Waals surface area contributed by atoms with Gasteiger partial charge in [0, 0.05) is 18.2 Å². The molecule has 0 atom stereocenters. The van der Waals surface area contributed by atoms with Crippen molar-refractivity contribution in [1.82, 2.24) is 9.97 Å². The lowest BCUT2D eigenvalue weighted by molar-refractivity contribution is 0.414. The maximum absolute atomic E-state index is 13.2. The van der Waals surface area contributed by atoms with E-state index < -0.39 is 23.3 Å². The molecule has 0 unspecified atom stereocenters. The van der Waals surface area contributed by atoms with Crippen LogP contribution in [0.3, 0.4) is 0 Å². The lowest BCUT2D eigenvalue weighted by Gasteiger charge is -2.05. The van der Waals surface area contributed by atoms with Crippen LogP contribution in [0.1, 0.15) is 0 Å². The van der Waals surface area contributed by atoms with Crippen LogP contribution in [0.2, 0.25) is 0 Å². The molecule has 7 heteroatoms. The topological polar surface area (TPSA) is 61.0 Å². The summed E-state index contributed by atoms with van der Waals surface area (Å²) in [7, 11) is 0. The molecule has 2 aromatic rings. The first-order chi connectivity index (χ1) is 8.04. The fraction of sp³-hybridized carbons (Fsp3) is 0. The summed E-state index contributed by atoms with van der Waals surface area (Å²) in [4.78, 5) is 6.83. The number of ether oxygens (including phenoxy) is 1. The zero-order valence-corrected chi connectivity index (χ0v) is 8.32. The molecule has 0 spiro atoms. The Morgan fingerprint density at radius 2 is 1.71 bits per heavy atom. The third-order valence-corrected chi connectivity index (χ3v) is 1.78. The monoisotopic (exact) mass is 241 g/mol. The number of hydrogen-bond acceptors (Lipinski definition) is 4. The summed E-state index contributed by atoms with van der Waals surface area (Å²) in [5.41, 5.74) is 5.22. The molecule has 0 radical (unpaired) electrons. The number of anilines is 1. The highest BCUT2D eigenvalue weighted by molar-refractivity contribution is 5.30. The second-order valence-corrected chi connectivity index (χ2v) is 3.09. The predicted octanol–water partition coefficient (Wildman–Crippen LogP) is 2.27. The lowest BCUT2D eigenvalue weighted by Crippen LogP contribution is -1.99. The summed E-state index contributed by atoms with van der Waals surface area (Å²) in [5, 5.41) is 0. The van der Waals surface area contributed by atoms with Crippen LogP contribution in [0, 0.1) is 17.5 Å². The molecule has 2 N–H and O–H groups in total. The number of nitrogens with zero attached hydrogens (tertiary/aromatic N) is 2. The SMILES string of the molecule is Nc1ncc(F)c(Oc2cc(F)cc(F)c2)n1. The van der Waals surface area contributed by atoms with Gasteiger partial charge in [-0.15, -0.1) is 0 Å². The van der Waals surface area contributed by atoms with Crippen molar-refractivity contribution in [2.45, 2.75) is 0 Å². The molecule has 0 fully saturated rings. The van der Waals surface area contributed by atoms with Crippen LogP contribution in [0.25, 0.3) is 0 Å². The first-order valence-corrected chi connectivity index (χ1v) is 4.46. The van der Waals surface area contributed by atoms with E-state index in [2.05, 4.69) is 9.97 Å². The van der Waals surface area contributed by atoms with E-state index in [1.165, 1.54) is 0 Å². The van der Waals surface area contributed by atoms with Gasteiger partial charge in [-0.05, 0) is 0 Å². The largest absolute Gasteiger partial charge is 0.436 e.